The molecule has 3 heteroatoms. The molecule has 68 valence electrons. The fourth-order valence-electron chi connectivity index (χ4n) is 1.15. The third-order valence-electron chi connectivity index (χ3n) is 3.34. The molecule has 0 heterocycles. The second-order valence-electron chi connectivity index (χ2n) is 4.62. The summed E-state index contributed by atoms with van der Waals surface area (Å²) >= 11 is 0. The number of hydrogen-bond acceptors (Lipinski definition) is 1. The van der Waals surface area contributed by atoms with Crippen molar-refractivity contribution in [3.8, 4) is 0 Å². The minimum absolute atomic E-state index is 0.474. The summed E-state index contributed by atoms with van der Waals surface area (Å²) in [6.07, 6.45) is 0. The Kier molecular flexibility index (Phi) is 4.01. The molecule has 0 aromatic carbocycles. The Morgan fingerprint density at radius 1 is 1.00 bits per heavy atom. The fraction of sp³-hybridized carbons (Fsp3) is 1.00. The van der Waals surface area contributed by atoms with E-state index >= 15 is 0 Å². The predicted molar refractivity (Wildman–Crippen MR) is 59.6 cm³/mol. The summed E-state index contributed by atoms with van der Waals surface area (Å²) in [6.45, 7) is 12.3. The topological polar surface area (TPSA) is 3.24 Å². The van der Waals surface area contributed by atoms with E-state index in [9.17, 15) is 0 Å². The highest BCUT2D eigenvalue weighted by atomic mass is 28.3. The van der Waals surface area contributed by atoms with Crippen LogP contribution in [0.25, 0.3) is 0 Å². The molecular weight excluding hydrogens is 166 g/mol. The average molecular weight is 189 g/mol. The molecular formula is C8H23NSi2. The van der Waals surface area contributed by atoms with Crippen LogP contribution in [0.1, 0.15) is 13.8 Å². The predicted octanol–water partition coefficient (Wildman–Crippen LogP) is 1.71. The van der Waals surface area contributed by atoms with Gasteiger partial charge in [-0.05, 0) is 18.8 Å². The van der Waals surface area contributed by atoms with Crippen LogP contribution < -0.4 is 0 Å². The first kappa shape index (κ1) is 11.4. The van der Waals surface area contributed by atoms with Gasteiger partial charge in [0.25, 0.3) is 0 Å². The molecule has 0 aliphatic heterocycles. The lowest BCUT2D eigenvalue weighted by Crippen LogP contribution is -2.45. The van der Waals surface area contributed by atoms with Gasteiger partial charge < -0.3 is 4.57 Å². The summed E-state index contributed by atoms with van der Waals surface area (Å²) in [5.74, 6) is 0. The first-order valence-corrected chi connectivity index (χ1v) is 9.60. The van der Waals surface area contributed by atoms with Crippen LogP contribution in [0.2, 0.25) is 24.3 Å². The lowest BCUT2D eigenvalue weighted by molar-refractivity contribution is 0.611. The number of hydrogen-bond donors (Lipinski definition) is 0. The lowest BCUT2D eigenvalue weighted by atomic mass is 10.5. The van der Waals surface area contributed by atoms with Crippen molar-refractivity contribution in [3.05, 3.63) is 0 Å². The van der Waals surface area contributed by atoms with Gasteiger partial charge >= 0.3 is 0 Å². The molecule has 0 amide bonds. The standard InChI is InChI=1S/C8H23NSi2/c1-8(2,10(5)6)11(7)9(3)4/h10-11H,1-7H3. The van der Waals surface area contributed by atoms with Gasteiger partial charge in [-0.1, -0.05) is 33.5 Å². The van der Waals surface area contributed by atoms with E-state index in [1.54, 1.807) is 0 Å². The lowest BCUT2D eigenvalue weighted by Gasteiger charge is -2.37. The minimum Gasteiger partial charge on any atom is -0.331 e. The average Bonchev–Trinajstić information content (AvgIpc) is 1.85. The highest BCUT2D eigenvalue weighted by Crippen LogP contribution is 2.32. The van der Waals surface area contributed by atoms with Crippen molar-refractivity contribution in [3.63, 3.8) is 0 Å². The molecule has 0 saturated carbocycles. The first-order chi connectivity index (χ1) is 4.80. The third-order valence-corrected chi connectivity index (χ3v) is 13.5. The summed E-state index contributed by atoms with van der Waals surface area (Å²) in [7, 11) is 3.34. The van der Waals surface area contributed by atoms with Crippen LogP contribution in [-0.4, -0.2) is 36.4 Å². The molecule has 0 N–H and O–H groups in total. The Bertz CT molecular complexity index is 121. The van der Waals surface area contributed by atoms with E-state index in [1.807, 2.05) is 0 Å². The molecule has 11 heavy (non-hydrogen) atoms. The second kappa shape index (κ2) is 3.87. The van der Waals surface area contributed by atoms with Crippen molar-refractivity contribution >= 4 is 17.8 Å². The van der Waals surface area contributed by atoms with Gasteiger partial charge in [0, 0.05) is 8.80 Å². The Hall–Kier alpha value is 0.394. The first-order valence-electron chi connectivity index (χ1n) is 4.46. The zero-order valence-corrected chi connectivity index (χ0v) is 11.4. The SMILES string of the molecule is CN(C)[SiH](C)C(C)(C)[SiH](C)C. The largest absolute Gasteiger partial charge is 0.331 e. The van der Waals surface area contributed by atoms with Crippen LogP contribution in [0, 0.1) is 0 Å². The Morgan fingerprint density at radius 3 is 1.45 bits per heavy atom. The van der Waals surface area contributed by atoms with Gasteiger partial charge in [-0.2, -0.15) is 0 Å². The quantitative estimate of drug-likeness (QED) is 0.611. The van der Waals surface area contributed by atoms with E-state index in [4.69, 9.17) is 0 Å². The van der Waals surface area contributed by atoms with Crippen molar-refractivity contribution in [1.29, 1.82) is 0 Å². The molecule has 1 atom stereocenters. The van der Waals surface area contributed by atoms with Gasteiger partial charge in [-0.15, -0.1) is 0 Å². The van der Waals surface area contributed by atoms with Gasteiger partial charge in [0.05, 0.1) is 0 Å². The Balaban J connectivity index is 4.29. The van der Waals surface area contributed by atoms with Crippen molar-refractivity contribution in [1.82, 2.24) is 4.57 Å². The zero-order chi connectivity index (χ0) is 9.23. The second-order valence-corrected chi connectivity index (χ2v) is 13.0. The van der Waals surface area contributed by atoms with E-state index in [0.717, 1.165) is 0 Å². The Labute approximate surface area is 75.1 Å². The van der Waals surface area contributed by atoms with Crippen LogP contribution in [0.4, 0.5) is 0 Å². The summed E-state index contributed by atoms with van der Waals surface area (Å²) in [6, 6.07) is 0. The van der Waals surface area contributed by atoms with E-state index in [2.05, 4.69) is 52.1 Å². The minimum atomic E-state index is -0.647. The highest BCUT2D eigenvalue weighted by molar-refractivity contribution is 6.79. The van der Waals surface area contributed by atoms with E-state index in [1.165, 1.54) is 0 Å². The molecule has 0 bridgehead atoms. The van der Waals surface area contributed by atoms with Crippen molar-refractivity contribution < 1.29 is 0 Å². The summed E-state index contributed by atoms with van der Waals surface area (Å²) < 4.78 is 3.15. The molecule has 0 aromatic heterocycles. The molecule has 0 aliphatic rings. The maximum absolute atomic E-state index is 2.47. The molecule has 1 nitrogen and oxygen atoms in total. The molecule has 0 aliphatic carbocycles. The smallest absolute Gasteiger partial charge is 0.110 e. The van der Waals surface area contributed by atoms with E-state index < -0.39 is 17.8 Å². The van der Waals surface area contributed by atoms with Crippen molar-refractivity contribution in [2.75, 3.05) is 14.1 Å². The van der Waals surface area contributed by atoms with Crippen LogP contribution in [0.5, 0.6) is 0 Å². The highest BCUT2D eigenvalue weighted by Gasteiger charge is 2.32. The molecule has 0 radical (unpaired) electrons. The fourth-order valence-corrected chi connectivity index (χ4v) is 7.23. The molecule has 0 aromatic rings. The van der Waals surface area contributed by atoms with Gasteiger partial charge in [-0.3, -0.25) is 0 Å². The van der Waals surface area contributed by atoms with Gasteiger partial charge in [0.1, 0.15) is 8.96 Å². The van der Waals surface area contributed by atoms with Crippen LogP contribution >= 0.6 is 0 Å². The van der Waals surface area contributed by atoms with Crippen LogP contribution in [0.15, 0.2) is 0 Å². The molecule has 0 rings (SSSR count). The summed E-state index contributed by atoms with van der Waals surface area (Å²) in [5.41, 5.74) is 0. The third kappa shape index (κ3) is 2.72. The molecule has 0 spiro atoms. The zero-order valence-electron chi connectivity index (χ0n) is 9.10. The van der Waals surface area contributed by atoms with Crippen LogP contribution in [0.3, 0.4) is 0 Å². The summed E-state index contributed by atoms with van der Waals surface area (Å²) in [4.78, 5) is 0. The maximum Gasteiger partial charge on any atom is 0.110 e. The van der Waals surface area contributed by atoms with Crippen LogP contribution in [-0.2, 0) is 0 Å². The molecule has 0 fully saturated rings. The molecule has 1 unspecified atom stereocenters. The number of nitrogens with zero attached hydrogens (tertiary/aromatic N) is 1. The maximum atomic E-state index is 2.47. The van der Waals surface area contributed by atoms with E-state index in [0.29, 0.717) is 4.66 Å². The van der Waals surface area contributed by atoms with Crippen molar-refractivity contribution in [2.24, 2.45) is 0 Å². The van der Waals surface area contributed by atoms with Gasteiger partial charge in [0.2, 0.25) is 0 Å². The van der Waals surface area contributed by atoms with Gasteiger partial charge in [0.15, 0.2) is 0 Å². The Morgan fingerprint density at radius 2 is 1.36 bits per heavy atom. The van der Waals surface area contributed by atoms with Crippen molar-refractivity contribution in [2.45, 2.75) is 38.2 Å². The van der Waals surface area contributed by atoms with Gasteiger partial charge in [-0.25, -0.2) is 0 Å². The van der Waals surface area contributed by atoms with E-state index in [-0.39, 0.29) is 0 Å². The normalized spacial score (nSPS) is 16.1. The molecule has 0 saturated heterocycles. The summed E-state index contributed by atoms with van der Waals surface area (Å²) in [5, 5.41) is 0. The number of rotatable bonds is 3. The monoisotopic (exact) mass is 189 g/mol.